The average Bonchev–Trinajstić information content (AvgIpc) is 2.56. The normalized spacial score (nSPS) is 40.2. The maximum Gasteiger partial charge on any atom is 0.317 e. The number of carboxylic acid groups (broad SMARTS) is 1. The van der Waals surface area contributed by atoms with Crippen LogP contribution >= 0.6 is 0 Å². The summed E-state index contributed by atoms with van der Waals surface area (Å²) in [4.78, 5) is 10.2. The SMILES string of the molecule is O=C(O)CNC1CC2CC2C1. The Hall–Kier alpha value is -0.570. The van der Waals surface area contributed by atoms with Gasteiger partial charge >= 0.3 is 5.97 Å². The minimum absolute atomic E-state index is 0.129. The number of fused-ring (bicyclic) bond motifs is 1. The van der Waals surface area contributed by atoms with Crippen molar-refractivity contribution in [1.29, 1.82) is 0 Å². The predicted octanol–water partition coefficient (Wildman–Crippen LogP) is 0.459. The number of carbonyl (C=O) groups is 1. The van der Waals surface area contributed by atoms with Crippen molar-refractivity contribution < 1.29 is 9.90 Å². The summed E-state index contributed by atoms with van der Waals surface area (Å²) < 4.78 is 0. The van der Waals surface area contributed by atoms with E-state index in [-0.39, 0.29) is 6.54 Å². The van der Waals surface area contributed by atoms with E-state index in [1.807, 2.05) is 0 Å². The van der Waals surface area contributed by atoms with E-state index in [2.05, 4.69) is 5.32 Å². The van der Waals surface area contributed by atoms with Gasteiger partial charge in [-0.2, -0.15) is 0 Å². The zero-order chi connectivity index (χ0) is 7.84. The monoisotopic (exact) mass is 155 g/mol. The maximum absolute atomic E-state index is 10.2. The second-order valence-electron chi connectivity index (χ2n) is 3.70. The van der Waals surface area contributed by atoms with Crippen LogP contribution in [0.5, 0.6) is 0 Å². The van der Waals surface area contributed by atoms with Crippen molar-refractivity contribution in [3.05, 3.63) is 0 Å². The van der Waals surface area contributed by atoms with Gasteiger partial charge in [-0.25, -0.2) is 0 Å². The minimum Gasteiger partial charge on any atom is -0.480 e. The molecule has 0 aromatic carbocycles. The van der Waals surface area contributed by atoms with Crippen molar-refractivity contribution in [3.63, 3.8) is 0 Å². The Kier molecular flexibility index (Phi) is 1.60. The first kappa shape index (κ1) is 7.10. The first-order chi connectivity index (χ1) is 5.25. The molecule has 2 N–H and O–H groups in total. The van der Waals surface area contributed by atoms with E-state index in [4.69, 9.17) is 5.11 Å². The molecule has 0 radical (unpaired) electrons. The fourth-order valence-corrected chi connectivity index (χ4v) is 2.11. The summed E-state index contributed by atoms with van der Waals surface area (Å²) in [6.45, 7) is 0.129. The highest BCUT2D eigenvalue weighted by Gasteiger charge is 2.45. The molecule has 2 unspecified atom stereocenters. The molecule has 0 aromatic heterocycles. The molecule has 62 valence electrons. The van der Waals surface area contributed by atoms with Crippen LogP contribution in [0.4, 0.5) is 0 Å². The highest BCUT2D eigenvalue weighted by molar-refractivity contribution is 5.69. The second-order valence-corrected chi connectivity index (χ2v) is 3.70. The van der Waals surface area contributed by atoms with Gasteiger partial charge in [0.15, 0.2) is 0 Å². The van der Waals surface area contributed by atoms with Crippen LogP contribution in [-0.4, -0.2) is 23.7 Å². The highest BCUT2D eigenvalue weighted by Crippen LogP contribution is 2.51. The van der Waals surface area contributed by atoms with Gasteiger partial charge in [0.25, 0.3) is 0 Å². The van der Waals surface area contributed by atoms with Gasteiger partial charge in [0, 0.05) is 6.04 Å². The Morgan fingerprint density at radius 2 is 2.00 bits per heavy atom. The first-order valence-electron chi connectivity index (χ1n) is 4.21. The van der Waals surface area contributed by atoms with Crippen LogP contribution in [-0.2, 0) is 4.79 Å². The molecule has 2 atom stereocenters. The number of hydrogen-bond donors (Lipinski definition) is 2. The molecule has 0 aromatic rings. The van der Waals surface area contributed by atoms with Gasteiger partial charge in [-0.15, -0.1) is 0 Å². The molecular weight excluding hydrogens is 142 g/mol. The van der Waals surface area contributed by atoms with Gasteiger partial charge in [-0.1, -0.05) is 0 Å². The number of rotatable bonds is 3. The molecule has 2 saturated carbocycles. The molecule has 0 aliphatic heterocycles. The van der Waals surface area contributed by atoms with Crippen LogP contribution in [0.25, 0.3) is 0 Å². The average molecular weight is 155 g/mol. The van der Waals surface area contributed by atoms with Crippen molar-refractivity contribution in [3.8, 4) is 0 Å². The zero-order valence-electron chi connectivity index (χ0n) is 6.42. The largest absolute Gasteiger partial charge is 0.480 e. The third-order valence-corrected chi connectivity index (χ3v) is 2.79. The Labute approximate surface area is 65.8 Å². The van der Waals surface area contributed by atoms with Crippen LogP contribution in [0.2, 0.25) is 0 Å². The van der Waals surface area contributed by atoms with Crippen LogP contribution in [0, 0.1) is 11.8 Å². The molecule has 3 heteroatoms. The molecule has 0 amide bonds. The van der Waals surface area contributed by atoms with Crippen molar-refractivity contribution >= 4 is 5.97 Å². The van der Waals surface area contributed by atoms with E-state index in [9.17, 15) is 4.79 Å². The van der Waals surface area contributed by atoms with E-state index < -0.39 is 5.97 Å². The van der Waals surface area contributed by atoms with Crippen LogP contribution in [0.1, 0.15) is 19.3 Å². The molecular formula is C8H13NO2. The van der Waals surface area contributed by atoms with E-state index >= 15 is 0 Å². The lowest BCUT2D eigenvalue weighted by Gasteiger charge is -2.11. The minimum atomic E-state index is -0.745. The first-order valence-corrected chi connectivity index (χ1v) is 4.21. The van der Waals surface area contributed by atoms with Gasteiger partial charge in [0.05, 0.1) is 6.54 Å². The van der Waals surface area contributed by atoms with Gasteiger partial charge in [-0.3, -0.25) is 4.79 Å². The van der Waals surface area contributed by atoms with Gasteiger partial charge in [-0.05, 0) is 31.1 Å². The molecule has 3 nitrogen and oxygen atoms in total. The summed E-state index contributed by atoms with van der Waals surface area (Å²) >= 11 is 0. The lowest BCUT2D eigenvalue weighted by Crippen LogP contribution is -2.32. The highest BCUT2D eigenvalue weighted by atomic mass is 16.4. The Bertz CT molecular complexity index is 171. The molecule has 0 saturated heterocycles. The fraction of sp³-hybridized carbons (Fsp3) is 0.875. The summed E-state index contributed by atoms with van der Waals surface area (Å²) in [6.07, 6.45) is 3.81. The van der Waals surface area contributed by atoms with E-state index in [1.54, 1.807) is 0 Å². The fourth-order valence-electron chi connectivity index (χ4n) is 2.11. The van der Waals surface area contributed by atoms with Crippen LogP contribution in [0.3, 0.4) is 0 Å². The molecule has 0 spiro atoms. The van der Waals surface area contributed by atoms with Gasteiger partial charge in [0.1, 0.15) is 0 Å². The summed E-state index contributed by atoms with van der Waals surface area (Å²) in [5.41, 5.74) is 0. The van der Waals surface area contributed by atoms with Gasteiger partial charge < -0.3 is 10.4 Å². The van der Waals surface area contributed by atoms with Crippen molar-refractivity contribution in [1.82, 2.24) is 5.32 Å². The topological polar surface area (TPSA) is 49.3 Å². The Balaban J connectivity index is 1.68. The third-order valence-electron chi connectivity index (χ3n) is 2.79. The summed E-state index contributed by atoms with van der Waals surface area (Å²) in [6, 6.07) is 0.495. The summed E-state index contributed by atoms with van der Waals surface area (Å²) in [5.74, 6) is 1.12. The van der Waals surface area contributed by atoms with Crippen molar-refractivity contribution in [2.24, 2.45) is 11.8 Å². The third kappa shape index (κ3) is 1.53. The quantitative estimate of drug-likeness (QED) is 0.622. The summed E-state index contributed by atoms with van der Waals surface area (Å²) in [5, 5.41) is 11.4. The predicted molar refractivity (Wildman–Crippen MR) is 40.3 cm³/mol. The maximum atomic E-state index is 10.2. The molecule has 2 aliphatic carbocycles. The van der Waals surface area contributed by atoms with Crippen LogP contribution in [0.15, 0.2) is 0 Å². The molecule has 0 bridgehead atoms. The molecule has 2 aliphatic rings. The smallest absolute Gasteiger partial charge is 0.317 e. The van der Waals surface area contributed by atoms with E-state index in [0.29, 0.717) is 6.04 Å². The van der Waals surface area contributed by atoms with Gasteiger partial charge in [0.2, 0.25) is 0 Å². The lowest BCUT2D eigenvalue weighted by atomic mass is 10.1. The molecule has 0 heterocycles. The van der Waals surface area contributed by atoms with E-state index in [1.165, 1.54) is 19.3 Å². The number of carboxylic acids is 1. The number of hydrogen-bond acceptors (Lipinski definition) is 2. The number of nitrogens with one attached hydrogen (secondary N) is 1. The van der Waals surface area contributed by atoms with Crippen molar-refractivity contribution in [2.45, 2.75) is 25.3 Å². The molecule has 11 heavy (non-hydrogen) atoms. The van der Waals surface area contributed by atoms with E-state index in [0.717, 1.165) is 11.8 Å². The van der Waals surface area contributed by atoms with Crippen molar-refractivity contribution in [2.75, 3.05) is 6.54 Å². The molecule has 2 fully saturated rings. The lowest BCUT2D eigenvalue weighted by molar-refractivity contribution is -0.136. The Morgan fingerprint density at radius 3 is 2.55 bits per heavy atom. The Morgan fingerprint density at radius 1 is 1.36 bits per heavy atom. The zero-order valence-corrected chi connectivity index (χ0v) is 6.42. The number of aliphatic carboxylic acids is 1. The molecule has 2 rings (SSSR count). The second kappa shape index (κ2) is 2.48. The standard InChI is InChI=1S/C8H13NO2/c10-8(11)4-9-7-2-5-1-6(5)3-7/h5-7,9H,1-4H2,(H,10,11). The van der Waals surface area contributed by atoms with Crippen LogP contribution < -0.4 is 5.32 Å². The summed E-state index contributed by atoms with van der Waals surface area (Å²) in [7, 11) is 0.